The van der Waals surface area contributed by atoms with E-state index in [-0.39, 0.29) is 16.8 Å². The molecule has 1 rings (SSSR count). The van der Waals surface area contributed by atoms with Crippen molar-refractivity contribution in [3.63, 3.8) is 0 Å². The Morgan fingerprint density at radius 1 is 1.50 bits per heavy atom. The van der Waals surface area contributed by atoms with Crippen molar-refractivity contribution in [2.45, 2.75) is 44.7 Å². The summed E-state index contributed by atoms with van der Waals surface area (Å²) in [5, 5.41) is 2.79. The lowest BCUT2D eigenvalue weighted by Crippen LogP contribution is -2.33. The summed E-state index contributed by atoms with van der Waals surface area (Å²) in [6, 6.07) is 1.33. The number of carbonyl (C=O) groups is 1. The fourth-order valence-electron chi connectivity index (χ4n) is 1.47. The molecule has 0 radical (unpaired) electrons. The topological polar surface area (TPSA) is 68.2 Å². The summed E-state index contributed by atoms with van der Waals surface area (Å²) in [6.07, 6.45) is 2.17. The second kappa shape index (κ2) is 5.75. The van der Waals surface area contributed by atoms with Crippen LogP contribution in [0.15, 0.2) is 17.2 Å². The van der Waals surface area contributed by atoms with Crippen molar-refractivity contribution in [2.24, 2.45) is 0 Å². The van der Waals surface area contributed by atoms with Gasteiger partial charge in [0.25, 0.3) is 15.0 Å². The summed E-state index contributed by atoms with van der Waals surface area (Å²) in [4.78, 5) is 11.9. The largest absolute Gasteiger partial charge is 0.348 e. The lowest BCUT2D eigenvalue weighted by molar-refractivity contribution is 0.0930. The first-order valence-corrected chi connectivity index (χ1v) is 8.06. The number of nitrogens with one attached hydrogen (secondary N) is 1. The van der Waals surface area contributed by atoms with Gasteiger partial charge >= 0.3 is 0 Å². The van der Waals surface area contributed by atoms with Crippen LogP contribution in [0.25, 0.3) is 0 Å². The average molecular weight is 293 g/mol. The summed E-state index contributed by atoms with van der Waals surface area (Å²) in [5.74, 6) is -0.294. The van der Waals surface area contributed by atoms with E-state index in [9.17, 15) is 13.2 Å². The first-order valence-electron chi connectivity index (χ1n) is 5.75. The summed E-state index contributed by atoms with van der Waals surface area (Å²) in [5.41, 5.74) is 0.303. The van der Waals surface area contributed by atoms with E-state index in [2.05, 4.69) is 5.32 Å². The average Bonchev–Trinajstić information content (AvgIpc) is 2.72. The molecule has 1 aromatic heterocycles. The van der Waals surface area contributed by atoms with Crippen molar-refractivity contribution < 1.29 is 13.2 Å². The van der Waals surface area contributed by atoms with Gasteiger partial charge in [0.2, 0.25) is 0 Å². The Balaban J connectivity index is 3.08. The zero-order valence-electron chi connectivity index (χ0n) is 10.6. The van der Waals surface area contributed by atoms with Gasteiger partial charge in [-0.15, -0.1) is 0 Å². The molecule has 1 amide bonds. The maximum absolute atomic E-state index is 12.0. The molecule has 5 nitrogen and oxygen atoms in total. The van der Waals surface area contributed by atoms with Crippen molar-refractivity contribution in [2.75, 3.05) is 0 Å². The Hall–Kier alpha value is -1.01. The molecule has 0 fully saturated rings. The van der Waals surface area contributed by atoms with Gasteiger partial charge in [-0.1, -0.05) is 6.92 Å². The quantitative estimate of drug-likeness (QED) is 0.844. The van der Waals surface area contributed by atoms with Crippen LogP contribution in [0.1, 0.15) is 37.7 Å². The highest BCUT2D eigenvalue weighted by molar-refractivity contribution is 8.13. The molecule has 0 saturated carbocycles. The van der Waals surface area contributed by atoms with Crippen molar-refractivity contribution in [1.29, 1.82) is 0 Å². The lowest BCUT2D eigenvalue weighted by Gasteiger charge is -2.12. The number of rotatable bonds is 5. The van der Waals surface area contributed by atoms with Crippen LogP contribution in [0.2, 0.25) is 0 Å². The molecular formula is C11H17ClN2O3S. The molecule has 102 valence electrons. The van der Waals surface area contributed by atoms with Gasteiger partial charge in [0.05, 0.1) is 0 Å². The molecule has 1 atom stereocenters. The molecule has 1 heterocycles. The molecule has 0 saturated heterocycles. The van der Waals surface area contributed by atoms with Crippen molar-refractivity contribution >= 4 is 25.6 Å². The second-order valence-corrected chi connectivity index (χ2v) is 6.63. The lowest BCUT2D eigenvalue weighted by atomic mass is 10.2. The molecule has 0 aliphatic rings. The van der Waals surface area contributed by atoms with Crippen LogP contribution in [0.3, 0.4) is 0 Å². The van der Waals surface area contributed by atoms with Gasteiger partial charge in [0.1, 0.15) is 10.6 Å². The number of nitrogens with zero attached hydrogens (tertiary/aromatic N) is 1. The van der Waals surface area contributed by atoms with Gasteiger partial charge in [-0.05, 0) is 26.3 Å². The van der Waals surface area contributed by atoms with E-state index < -0.39 is 9.05 Å². The minimum absolute atomic E-state index is 0.0359. The standard InChI is InChI=1S/C11H17ClN2O3S/c1-4-8(3)13-11(15)10-6-9(18(12,16)17)7-14(10)5-2/h6-8H,4-5H2,1-3H3,(H,13,15). The van der Waals surface area contributed by atoms with E-state index in [0.29, 0.717) is 12.2 Å². The summed E-state index contributed by atoms with van der Waals surface area (Å²) >= 11 is 0. The highest BCUT2D eigenvalue weighted by Gasteiger charge is 2.19. The van der Waals surface area contributed by atoms with Crippen LogP contribution in [-0.4, -0.2) is 24.9 Å². The van der Waals surface area contributed by atoms with Crippen LogP contribution in [0, 0.1) is 0 Å². The van der Waals surface area contributed by atoms with Gasteiger partial charge in [-0.2, -0.15) is 0 Å². The highest BCUT2D eigenvalue weighted by atomic mass is 35.7. The summed E-state index contributed by atoms with van der Waals surface area (Å²) in [7, 11) is 1.45. The highest BCUT2D eigenvalue weighted by Crippen LogP contribution is 2.18. The predicted octanol–water partition coefficient (Wildman–Crippen LogP) is 1.96. The third-order valence-corrected chi connectivity index (χ3v) is 4.04. The van der Waals surface area contributed by atoms with Gasteiger partial charge in [0, 0.05) is 29.5 Å². The van der Waals surface area contributed by atoms with Crippen LogP contribution in [0.4, 0.5) is 0 Å². The Kier molecular flexibility index (Phi) is 4.81. The zero-order valence-corrected chi connectivity index (χ0v) is 12.2. The van der Waals surface area contributed by atoms with Gasteiger partial charge in [-0.25, -0.2) is 8.42 Å². The second-order valence-electron chi connectivity index (χ2n) is 4.07. The van der Waals surface area contributed by atoms with E-state index in [0.717, 1.165) is 6.42 Å². The van der Waals surface area contributed by atoms with Crippen molar-refractivity contribution in [1.82, 2.24) is 9.88 Å². The van der Waals surface area contributed by atoms with E-state index in [1.165, 1.54) is 12.3 Å². The number of aromatic nitrogens is 1. The number of halogens is 1. The number of amides is 1. The number of aryl methyl sites for hydroxylation is 1. The normalized spacial score (nSPS) is 13.3. The Morgan fingerprint density at radius 2 is 2.11 bits per heavy atom. The van der Waals surface area contributed by atoms with E-state index in [1.54, 1.807) is 4.57 Å². The van der Waals surface area contributed by atoms with Crippen LogP contribution in [-0.2, 0) is 15.6 Å². The fourth-order valence-corrected chi connectivity index (χ4v) is 2.23. The van der Waals surface area contributed by atoms with E-state index in [1.807, 2.05) is 20.8 Å². The molecule has 0 aromatic carbocycles. The third kappa shape index (κ3) is 3.49. The Bertz CT molecular complexity index is 536. The summed E-state index contributed by atoms with van der Waals surface area (Å²) in [6.45, 7) is 6.16. The summed E-state index contributed by atoms with van der Waals surface area (Å²) < 4.78 is 24.0. The Labute approximate surface area is 112 Å². The van der Waals surface area contributed by atoms with Crippen LogP contribution >= 0.6 is 10.7 Å². The molecule has 1 unspecified atom stereocenters. The van der Waals surface area contributed by atoms with E-state index >= 15 is 0 Å². The maximum atomic E-state index is 12.0. The van der Waals surface area contributed by atoms with Crippen molar-refractivity contribution in [3.05, 3.63) is 18.0 Å². The SMILES string of the molecule is CCC(C)NC(=O)c1cc(S(=O)(=O)Cl)cn1CC. The van der Waals surface area contributed by atoms with Gasteiger partial charge in [0.15, 0.2) is 0 Å². The minimum atomic E-state index is -3.81. The molecule has 0 bridgehead atoms. The first kappa shape index (κ1) is 15.0. The number of hydrogen-bond donors (Lipinski definition) is 1. The first-order chi connectivity index (χ1) is 8.29. The molecule has 7 heteroatoms. The number of carbonyl (C=O) groups excluding carboxylic acids is 1. The zero-order chi connectivity index (χ0) is 13.9. The Morgan fingerprint density at radius 3 is 2.56 bits per heavy atom. The predicted molar refractivity (Wildman–Crippen MR) is 70.4 cm³/mol. The molecule has 0 aliphatic heterocycles. The van der Waals surface area contributed by atoms with Crippen LogP contribution < -0.4 is 5.32 Å². The fraction of sp³-hybridized carbons (Fsp3) is 0.545. The van der Waals surface area contributed by atoms with Gasteiger partial charge < -0.3 is 9.88 Å². The van der Waals surface area contributed by atoms with Crippen molar-refractivity contribution in [3.8, 4) is 0 Å². The molecule has 18 heavy (non-hydrogen) atoms. The maximum Gasteiger partial charge on any atom is 0.268 e. The molecule has 1 N–H and O–H groups in total. The number of hydrogen-bond acceptors (Lipinski definition) is 3. The smallest absolute Gasteiger partial charge is 0.268 e. The molecular weight excluding hydrogens is 276 g/mol. The molecule has 0 spiro atoms. The van der Waals surface area contributed by atoms with Gasteiger partial charge in [-0.3, -0.25) is 4.79 Å². The molecule has 0 aliphatic carbocycles. The minimum Gasteiger partial charge on any atom is -0.348 e. The van der Waals surface area contributed by atoms with E-state index in [4.69, 9.17) is 10.7 Å². The third-order valence-electron chi connectivity index (χ3n) is 2.72. The molecule has 1 aromatic rings. The van der Waals surface area contributed by atoms with Crippen LogP contribution in [0.5, 0.6) is 0 Å². The monoisotopic (exact) mass is 292 g/mol.